The van der Waals surface area contributed by atoms with Crippen LogP contribution in [-0.4, -0.2) is 20.9 Å². The van der Waals surface area contributed by atoms with E-state index in [0.717, 1.165) is 22.2 Å². The number of fused-ring (bicyclic) bond motifs is 1. The van der Waals surface area contributed by atoms with Gasteiger partial charge in [0, 0.05) is 27.8 Å². The van der Waals surface area contributed by atoms with Gasteiger partial charge in [0.05, 0.1) is 11.9 Å². The SMILES string of the molecule is Nc1ccc2[nH]c(C(=O)Nc3cccc(-c4cnc(N)[nH]4)c3)cc2c1. The third-order valence-corrected chi connectivity index (χ3v) is 3.92. The highest BCUT2D eigenvalue weighted by Gasteiger charge is 2.11. The number of carbonyl (C=O) groups excluding carboxylic acids is 1. The number of nitrogen functional groups attached to an aromatic ring is 2. The lowest BCUT2D eigenvalue weighted by Crippen LogP contribution is -2.12. The van der Waals surface area contributed by atoms with E-state index in [9.17, 15) is 4.79 Å². The van der Waals surface area contributed by atoms with Gasteiger partial charge in [-0.2, -0.15) is 0 Å². The van der Waals surface area contributed by atoms with E-state index in [1.807, 2.05) is 36.4 Å². The number of anilines is 3. The highest BCUT2D eigenvalue weighted by molar-refractivity contribution is 6.06. The fraction of sp³-hybridized carbons (Fsp3) is 0. The van der Waals surface area contributed by atoms with Crippen molar-refractivity contribution in [1.29, 1.82) is 0 Å². The molecule has 2 aromatic carbocycles. The van der Waals surface area contributed by atoms with Gasteiger partial charge in [0.25, 0.3) is 5.91 Å². The molecule has 0 spiro atoms. The number of aromatic amines is 2. The zero-order valence-corrected chi connectivity index (χ0v) is 13.2. The Morgan fingerprint density at radius 3 is 2.72 bits per heavy atom. The van der Waals surface area contributed by atoms with Crippen LogP contribution in [0.1, 0.15) is 10.5 Å². The Labute approximate surface area is 143 Å². The minimum absolute atomic E-state index is 0.226. The Kier molecular flexibility index (Phi) is 3.39. The van der Waals surface area contributed by atoms with Crippen LogP contribution in [0.15, 0.2) is 54.7 Å². The summed E-state index contributed by atoms with van der Waals surface area (Å²) >= 11 is 0. The normalized spacial score (nSPS) is 10.9. The van der Waals surface area contributed by atoms with Crippen LogP contribution < -0.4 is 16.8 Å². The summed E-state index contributed by atoms with van der Waals surface area (Å²) in [5, 5.41) is 3.78. The number of hydrogen-bond donors (Lipinski definition) is 5. The van der Waals surface area contributed by atoms with Crippen molar-refractivity contribution in [2.45, 2.75) is 0 Å². The summed E-state index contributed by atoms with van der Waals surface area (Å²) < 4.78 is 0. The first-order valence-corrected chi connectivity index (χ1v) is 7.69. The molecule has 0 saturated heterocycles. The Balaban J connectivity index is 1.59. The Hall–Kier alpha value is -3.74. The molecule has 2 aromatic heterocycles. The highest BCUT2D eigenvalue weighted by atomic mass is 16.1. The molecule has 4 rings (SSSR count). The molecular formula is C18H16N6O. The van der Waals surface area contributed by atoms with Crippen molar-refractivity contribution in [1.82, 2.24) is 15.0 Å². The van der Waals surface area contributed by atoms with Crippen LogP contribution in [0.4, 0.5) is 17.3 Å². The average Bonchev–Trinajstić information content (AvgIpc) is 3.21. The van der Waals surface area contributed by atoms with E-state index in [4.69, 9.17) is 11.5 Å². The number of nitrogens with zero attached hydrogens (tertiary/aromatic N) is 1. The summed E-state index contributed by atoms with van der Waals surface area (Å²) in [6.45, 7) is 0. The number of nitrogens with one attached hydrogen (secondary N) is 3. The Bertz CT molecular complexity index is 1080. The molecule has 1 amide bonds. The second kappa shape index (κ2) is 5.72. The lowest BCUT2D eigenvalue weighted by molar-refractivity contribution is 0.102. The summed E-state index contributed by atoms with van der Waals surface area (Å²) in [5.74, 6) is 0.123. The molecule has 25 heavy (non-hydrogen) atoms. The van der Waals surface area contributed by atoms with Crippen molar-refractivity contribution in [2.24, 2.45) is 0 Å². The molecule has 0 saturated carbocycles. The number of aromatic nitrogens is 3. The van der Waals surface area contributed by atoms with Crippen molar-refractivity contribution >= 4 is 34.1 Å². The molecular weight excluding hydrogens is 316 g/mol. The number of rotatable bonds is 3. The average molecular weight is 332 g/mol. The van der Waals surface area contributed by atoms with Gasteiger partial charge in [-0.05, 0) is 36.4 Å². The predicted octanol–water partition coefficient (Wildman–Crippen LogP) is 2.97. The largest absolute Gasteiger partial charge is 0.399 e. The van der Waals surface area contributed by atoms with E-state index < -0.39 is 0 Å². The smallest absolute Gasteiger partial charge is 0.272 e. The highest BCUT2D eigenvalue weighted by Crippen LogP contribution is 2.23. The van der Waals surface area contributed by atoms with Gasteiger partial charge >= 0.3 is 0 Å². The minimum Gasteiger partial charge on any atom is -0.399 e. The standard InChI is InChI=1S/C18H16N6O/c19-12-4-5-14-11(6-12)8-15(23-14)17(25)22-13-3-1-2-10(7-13)16-9-21-18(20)24-16/h1-9,23H,19H2,(H,22,25)(H3,20,21,24). The number of benzene rings is 2. The number of carbonyl (C=O) groups is 1. The van der Waals surface area contributed by atoms with Gasteiger partial charge in [0.15, 0.2) is 5.95 Å². The van der Waals surface area contributed by atoms with Crippen molar-refractivity contribution in [3.05, 3.63) is 60.4 Å². The summed E-state index contributed by atoms with van der Waals surface area (Å²) in [6, 6.07) is 14.7. The number of imidazole rings is 1. The van der Waals surface area contributed by atoms with E-state index >= 15 is 0 Å². The number of H-pyrrole nitrogens is 2. The van der Waals surface area contributed by atoms with Gasteiger partial charge in [0.2, 0.25) is 0 Å². The second-order valence-electron chi connectivity index (χ2n) is 5.75. The van der Waals surface area contributed by atoms with E-state index in [2.05, 4.69) is 20.3 Å². The molecule has 2 heterocycles. The molecule has 0 radical (unpaired) electrons. The van der Waals surface area contributed by atoms with Crippen LogP contribution in [0.3, 0.4) is 0 Å². The lowest BCUT2D eigenvalue weighted by Gasteiger charge is -2.05. The van der Waals surface area contributed by atoms with Gasteiger partial charge < -0.3 is 26.8 Å². The van der Waals surface area contributed by atoms with Crippen LogP contribution in [0.5, 0.6) is 0 Å². The third-order valence-electron chi connectivity index (χ3n) is 3.92. The third kappa shape index (κ3) is 2.90. The van der Waals surface area contributed by atoms with Gasteiger partial charge in [-0.1, -0.05) is 12.1 Å². The van der Waals surface area contributed by atoms with Crippen molar-refractivity contribution < 1.29 is 4.79 Å². The zero-order valence-electron chi connectivity index (χ0n) is 13.2. The fourth-order valence-electron chi connectivity index (χ4n) is 2.72. The predicted molar refractivity (Wildman–Crippen MR) is 99.1 cm³/mol. The van der Waals surface area contributed by atoms with Gasteiger partial charge in [0.1, 0.15) is 5.69 Å². The molecule has 0 aliphatic heterocycles. The van der Waals surface area contributed by atoms with Crippen molar-refractivity contribution in [2.75, 3.05) is 16.8 Å². The molecule has 0 bridgehead atoms. The van der Waals surface area contributed by atoms with Crippen LogP contribution in [-0.2, 0) is 0 Å². The summed E-state index contributed by atoms with van der Waals surface area (Å²) in [5.41, 5.74) is 15.7. The molecule has 4 aromatic rings. The van der Waals surface area contributed by atoms with Gasteiger partial charge in [-0.3, -0.25) is 4.79 Å². The van der Waals surface area contributed by atoms with E-state index in [-0.39, 0.29) is 5.91 Å². The van der Waals surface area contributed by atoms with Crippen LogP contribution in [0.2, 0.25) is 0 Å². The maximum atomic E-state index is 12.5. The lowest BCUT2D eigenvalue weighted by atomic mass is 10.1. The van der Waals surface area contributed by atoms with E-state index in [0.29, 0.717) is 23.0 Å². The van der Waals surface area contributed by atoms with Crippen LogP contribution in [0, 0.1) is 0 Å². The van der Waals surface area contributed by atoms with Crippen molar-refractivity contribution in [3.8, 4) is 11.3 Å². The summed E-state index contributed by atoms with van der Waals surface area (Å²) in [6.07, 6.45) is 1.65. The summed E-state index contributed by atoms with van der Waals surface area (Å²) in [7, 11) is 0. The van der Waals surface area contributed by atoms with Crippen LogP contribution in [0.25, 0.3) is 22.2 Å². The number of nitrogens with two attached hydrogens (primary N) is 2. The first kappa shape index (κ1) is 14.8. The molecule has 0 unspecified atom stereocenters. The second-order valence-corrected chi connectivity index (χ2v) is 5.75. The molecule has 7 N–H and O–H groups in total. The maximum absolute atomic E-state index is 12.5. The van der Waals surface area contributed by atoms with Gasteiger partial charge in [-0.25, -0.2) is 4.98 Å². The number of hydrogen-bond acceptors (Lipinski definition) is 4. The summed E-state index contributed by atoms with van der Waals surface area (Å²) in [4.78, 5) is 22.5. The molecule has 7 nitrogen and oxygen atoms in total. The van der Waals surface area contributed by atoms with Gasteiger partial charge in [-0.15, -0.1) is 0 Å². The monoisotopic (exact) mass is 332 g/mol. The fourth-order valence-corrected chi connectivity index (χ4v) is 2.72. The van der Waals surface area contributed by atoms with E-state index in [1.165, 1.54) is 0 Å². The molecule has 0 fully saturated rings. The first-order valence-electron chi connectivity index (χ1n) is 7.69. The molecule has 0 aliphatic rings. The zero-order chi connectivity index (χ0) is 17.4. The Morgan fingerprint density at radius 1 is 1.04 bits per heavy atom. The molecule has 7 heteroatoms. The van der Waals surface area contributed by atoms with Crippen molar-refractivity contribution in [3.63, 3.8) is 0 Å². The minimum atomic E-state index is -0.226. The maximum Gasteiger partial charge on any atom is 0.272 e. The molecule has 124 valence electrons. The van der Waals surface area contributed by atoms with Crippen LogP contribution >= 0.6 is 0 Å². The Morgan fingerprint density at radius 2 is 1.92 bits per heavy atom. The van der Waals surface area contributed by atoms with E-state index in [1.54, 1.807) is 18.3 Å². The molecule has 0 atom stereocenters. The number of amides is 1. The molecule has 0 aliphatic carbocycles. The first-order chi connectivity index (χ1) is 12.1. The quantitative estimate of drug-likeness (QED) is 0.370. The topological polar surface area (TPSA) is 126 Å².